The Morgan fingerprint density at radius 1 is 0.862 bits per heavy atom. The monoisotopic (exact) mass is 406 g/mol. The van der Waals surface area contributed by atoms with Crippen LogP contribution >= 0.6 is 11.8 Å². The molecular formula is C23H22N2O3S. The molecule has 0 aliphatic heterocycles. The van der Waals surface area contributed by atoms with E-state index in [0.717, 1.165) is 21.8 Å². The second kappa shape index (κ2) is 10.3. The van der Waals surface area contributed by atoms with Crippen LogP contribution in [0.4, 0.5) is 0 Å². The first kappa shape index (κ1) is 20.5. The summed E-state index contributed by atoms with van der Waals surface area (Å²) in [7, 11) is 0. The molecule has 0 heterocycles. The fourth-order valence-electron chi connectivity index (χ4n) is 2.53. The summed E-state index contributed by atoms with van der Waals surface area (Å²) in [6.45, 7) is 2.41. The highest BCUT2D eigenvalue weighted by atomic mass is 32.2. The fourth-order valence-corrected chi connectivity index (χ4v) is 3.36. The van der Waals surface area contributed by atoms with Crippen molar-refractivity contribution >= 4 is 23.6 Å². The van der Waals surface area contributed by atoms with E-state index in [9.17, 15) is 9.59 Å². The van der Waals surface area contributed by atoms with Gasteiger partial charge in [-0.3, -0.25) is 20.4 Å². The van der Waals surface area contributed by atoms with Crippen molar-refractivity contribution in [3.05, 3.63) is 95.6 Å². The summed E-state index contributed by atoms with van der Waals surface area (Å²) in [4.78, 5) is 25.2. The molecule has 0 atom stereocenters. The van der Waals surface area contributed by atoms with E-state index in [1.807, 2.05) is 73.7 Å². The maximum absolute atomic E-state index is 12.2. The Morgan fingerprint density at radius 2 is 1.55 bits per heavy atom. The smallest absolute Gasteiger partial charge is 0.269 e. The first-order valence-electron chi connectivity index (χ1n) is 9.16. The Kier molecular flexibility index (Phi) is 7.30. The van der Waals surface area contributed by atoms with Crippen LogP contribution in [-0.2, 0) is 11.4 Å². The van der Waals surface area contributed by atoms with Crippen LogP contribution in [0.5, 0.6) is 5.75 Å². The average molecular weight is 407 g/mol. The molecule has 0 aliphatic carbocycles. The van der Waals surface area contributed by atoms with Crippen molar-refractivity contribution in [3.8, 4) is 5.75 Å². The van der Waals surface area contributed by atoms with E-state index in [1.165, 1.54) is 11.8 Å². The van der Waals surface area contributed by atoms with Gasteiger partial charge in [-0.1, -0.05) is 48.5 Å². The summed E-state index contributed by atoms with van der Waals surface area (Å²) in [6.07, 6.45) is 0. The SMILES string of the molecule is Cc1ccccc1SCC(=O)NNC(=O)c1ccc(COc2ccccc2)cc1. The summed E-state index contributed by atoms with van der Waals surface area (Å²) >= 11 is 1.43. The molecule has 5 nitrogen and oxygen atoms in total. The van der Waals surface area contributed by atoms with Crippen LogP contribution in [0.2, 0.25) is 0 Å². The van der Waals surface area contributed by atoms with E-state index in [4.69, 9.17) is 4.74 Å². The van der Waals surface area contributed by atoms with E-state index >= 15 is 0 Å². The van der Waals surface area contributed by atoms with Gasteiger partial charge in [0.05, 0.1) is 5.75 Å². The third kappa shape index (κ3) is 6.40. The van der Waals surface area contributed by atoms with Gasteiger partial charge in [-0.2, -0.15) is 0 Å². The van der Waals surface area contributed by atoms with Crippen LogP contribution in [0, 0.1) is 6.92 Å². The van der Waals surface area contributed by atoms with Crippen molar-refractivity contribution in [3.63, 3.8) is 0 Å². The molecule has 0 unspecified atom stereocenters. The van der Waals surface area contributed by atoms with Gasteiger partial charge in [0.2, 0.25) is 5.91 Å². The highest BCUT2D eigenvalue weighted by Gasteiger charge is 2.09. The summed E-state index contributed by atoms with van der Waals surface area (Å²) in [5.74, 6) is 0.385. The quantitative estimate of drug-likeness (QED) is 0.457. The number of thioether (sulfide) groups is 1. The molecule has 0 saturated carbocycles. The molecule has 3 aromatic rings. The molecular weight excluding hydrogens is 384 g/mol. The summed E-state index contributed by atoms with van der Waals surface area (Å²) in [5, 5.41) is 0. The predicted octanol–water partition coefficient (Wildman–Crippen LogP) is 4.13. The Morgan fingerprint density at radius 3 is 2.28 bits per heavy atom. The summed E-state index contributed by atoms with van der Waals surface area (Å²) < 4.78 is 5.68. The third-order valence-corrected chi connectivity index (χ3v) is 5.31. The van der Waals surface area contributed by atoms with Gasteiger partial charge < -0.3 is 4.74 Å². The van der Waals surface area contributed by atoms with Crippen LogP contribution in [0.15, 0.2) is 83.8 Å². The number of amides is 2. The first-order valence-corrected chi connectivity index (χ1v) is 10.1. The molecule has 0 aliphatic rings. The Hall–Kier alpha value is -3.25. The van der Waals surface area contributed by atoms with E-state index in [2.05, 4.69) is 10.9 Å². The zero-order valence-corrected chi connectivity index (χ0v) is 16.9. The average Bonchev–Trinajstić information content (AvgIpc) is 2.76. The van der Waals surface area contributed by atoms with Crippen LogP contribution in [0.3, 0.4) is 0 Å². The van der Waals surface area contributed by atoms with Crippen molar-refractivity contribution in [2.75, 3.05) is 5.75 Å². The van der Waals surface area contributed by atoms with Crippen molar-refractivity contribution < 1.29 is 14.3 Å². The minimum absolute atomic E-state index is 0.223. The first-order chi connectivity index (χ1) is 14.1. The van der Waals surface area contributed by atoms with Gasteiger partial charge in [-0.25, -0.2) is 0 Å². The maximum Gasteiger partial charge on any atom is 0.269 e. The molecule has 3 rings (SSSR count). The zero-order valence-electron chi connectivity index (χ0n) is 16.1. The lowest BCUT2D eigenvalue weighted by molar-refractivity contribution is -0.119. The normalized spacial score (nSPS) is 10.2. The number of aryl methyl sites for hydroxylation is 1. The largest absolute Gasteiger partial charge is 0.489 e. The van der Waals surface area contributed by atoms with Crippen LogP contribution < -0.4 is 15.6 Å². The molecule has 0 fully saturated rings. The van der Waals surface area contributed by atoms with Crippen LogP contribution in [-0.4, -0.2) is 17.6 Å². The van der Waals surface area contributed by atoms with E-state index in [1.54, 1.807) is 12.1 Å². The summed E-state index contributed by atoms with van der Waals surface area (Å²) in [6, 6.07) is 24.5. The number of hydrazine groups is 1. The number of rotatable bonds is 7. The second-order valence-electron chi connectivity index (χ2n) is 6.36. The standard InChI is InChI=1S/C23H22N2O3S/c1-17-7-5-6-10-21(17)29-16-22(26)24-25-23(27)19-13-11-18(12-14-19)15-28-20-8-3-2-4-9-20/h2-14H,15-16H2,1H3,(H,24,26)(H,25,27). The van der Waals surface area contributed by atoms with Crippen LogP contribution in [0.1, 0.15) is 21.5 Å². The Labute approximate surface area is 174 Å². The highest BCUT2D eigenvalue weighted by Crippen LogP contribution is 2.21. The number of hydrogen-bond acceptors (Lipinski definition) is 4. The third-order valence-electron chi connectivity index (χ3n) is 4.13. The van der Waals surface area contributed by atoms with E-state index in [-0.39, 0.29) is 17.6 Å². The molecule has 3 aromatic carbocycles. The minimum atomic E-state index is -0.366. The van der Waals surface area contributed by atoms with Gasteiger partial charge in [-0.05, 0) is 48.4 Å². The van der Waals surface area contributed by atoms with Gasteiger partial charge in [-0.15, -0.1) is 11.8 Å². The topological polar surface area (TPSA) is 67.4 Å². The Balaban J connectivity index is 1.43. The van der Waals surface area contributed by atoms with Crippen molar-refractivity contribution in [1.29, 1.82) is 0 Å². The number of ether oxygens (including phenoxy) is 1. The predicted molar refractivity (Wildman–Crippen MR) is 115 cm³/mol. The number of hydrogen-bond donors (Lipinski definition) is 2. The minimum Gasteiger partial charge on any atom is -0.489 e. The zero-order chi connectivity index (χ0) is 20.5. The second-order valence-corrected chi connectivity index (χ2v) is 7.37. The van der Waals surface area contributed by atoms with Gasteiger partial charge >= 0.3 is 0 Å². The maximum atomic E-state index is 12.2. The lowest BCUT2D eigenvalue weighted by Gasteiger charge is -2.09. The number of benzene rings is 3. The number of carbonyl (C=O) groups is 2. The number of nitrogens with one attached hydrogen (secondary N) is 2. The lowest BCUT2D eigenvalue weighted by atomic mass is 10.1. The van der Waals surface area contributed by atoms with Gasteiger partial charge in [0.25, 0.3) is 5.91 Å². The molecule has 6 heteroatoms. The van der Waals surface area contributed by atoms with Crippen LogP contribution in [0.25, 0.3) is 0 Å². The molecule has 29 heavy (non-hydrogen) atoms. The van der Waals surface area contributed by atoms with Crippen molar-refractivity contribution in [2.45, 2.75) is 18.4 Å². The molecule has 0 spiro atoms. The molecule has 0 radical (unpaired) electrons. The number of carbonyl (C=O) groups excluding carboxylic acids is 2. The molecule has 0 bridgehead atoms. The van der Waals surface area contributed by atoms with E-state index < -0.39 is 0 Å². The molecule has 148 valence electrons. The van der Waals surface area contributed by atoms with Gasteiger partial charge in [0.15, 0.2) is 0 Å². The van der Waals surface area contributed by atoms with Crippen molar-refractivity contribution in [2.24, 2.45) is 0 Å². The van der Waals surface area contributed by atoms with Gasteiger partial charge in [0.1, 0.15) is 12.4 Å². The van der Waals surface area contributed by atoms with E-state index in [0.29, 0.717) is 12.2 Å². The lowest BCUT2D eigenvalue weighted by Crippen LogP contribution is -2.42. The fraction of sp³-hybridized carbons (Fsp3) is 0.130. The highest BCUT2D eigenvalue weighted by molar-refractivity contribution is 8.00. The summed E-state index contributed by atoms with van der Waals surface area (Å²) in [5.41, 5.74) is 7.41. The number of para-hydroxylation sites is 1. The molecule has 2 N–H and O–H groups in total. The molecule has 2 amide bonds. The molecule has 0 saturated heterocycles. The molecule has 0 aromatic heterocycles. The van der Waals surface area contributed by atoms with Gasteiger partial charge in [0, 0.05) is 10.5 Å². The Bertz CT molecular complexity index is 959. The van der Waals surface area contributed by atoms with Crippen molar-refractivity contribution in [1.82, 2.24) is 10.9 Å².